The summed E-state index contributed by atoms with van der Waals surface area (Å²) in [5, 5.41) is 18.2. The largest absolute Gasteiger partial charge is 0.393 e. The molecular weight excluding hydrogens is 336 g/mol. The Morgan fingerprint density at radius 3 is 2.80 bits per heavy atom. The minimum atomic E-state index is -0.534. The second-order valence-electron chi connectivity index (χ2n) is 6.47. The average Bonchev–Trinajstić information content (AvgIpc) is 2.62. The average molecular weight is 365 g/mol. The number of unbranched alkanes of at least 4 members (excludes halogenated alkanes) is 1. The number of halogens is 1. The molecule has 1 aromatic carbocycles. The fraction of sp³-hybridized carbons (Fsp3) is 0.550. The van der Waals surface area contributed by atoms with Gasteiger partial charge in [0.05, 0.1) is 5.71 Å². The highest BCUT2D eigenvalue weighted by Crippen LogP contribution is 2.24. The molecule has 1 fully saturated rings. The smallest absolute Gasteiger partial charge is 0.144 e. The third kappa shape index (κ3) is 7.59. The number of aliphatic hydroxyl groups excluding tert-OH is 1. The molecule has 0 spiro atoms. The summed E-state index contributed by atoms with van der Waals surface area (Å²) in [6, 6.07) is 7.81. The molecule has 1 aromatic rings. The van der Waals surface area contributed by atoms with Crippen LogP contribution in [0.3, 0.4) is 0 Å². The maximum atomic E-state index is 9.92. The topological polar surface area (TPSA) is 53.8 Å². The molecule has 0 radical (unpaired) electrons. The zero-order valence-corrected chi connectivity index (χ0v) is 15.8. The maximum absolute atomic E-state index is 9.92. The Labute approximate surface area is 155 Å². The third-order valence-electron chi connectivity index (χ3n) is 4.22. The van der Waals surface area contributed by atoms with Gasteiger partial charge in [-0.15, -0.1) is 0 Å². The van der Waals surface area contributed by atoms with E-state index in [1.54, 1.807) is 0 Å². The van der Waals surface area contributed by atoms with E-state index in [1.807, 2.05) is 24.3 Å². The number of aliphatic hydroxyl groups is 1. The number of benzene rings is 1. The van der Waals surface area contributed by atoms with Gasteiger partial charge < -0.3 is 15.3 Å². The Morgan fingerprint density at radius 2 is 2.04 bits per heavy atom. The molecule has 1 atom stereocenters. The van der Waals surface area contributed by atoms with Crippen molar-refractivity contribution >= 4 is 23.4 Å². The predicted molar refractivity (Wildman–Crippen MR) is 105 cm³/mol. The highest BCUT2D eigenvalue weighted by atomic mass is 35.5. The zero-order valence-electron chi connectivity index (χ0n) is 15.0. The van der Waals surface area contributed by atoms with Gasteiger partial charge in [0, 0.05) is 11.6 Å². The molecule has 2 N–H and O–H groups in total. The van der Waals surface area contributed by atoms with Gasteiger partial charge in [-0.2, -0.15) is 0 Å². The van der Waals surface area contributed by atoms with Gasteiger partial charge in [0.25, 0.3) is 0 Å². The van der Waals surface area contributed by atoms with E-state index in [0.29, 0.717) is 6.54 Å². The fourth-order valence-electron chi connectivity index (χ4n) is 2.76. The molecule has 25 heavy (non-hydrogen) atoms. The van der Waals surface area contributed by atoms with Crippen LogP contribution < -0.4 is 5.32 Å². The van der Waals surface area contributed by atoms with Crippen LogP contribution in [0.5, 0.6) is 0 Å². The molecule has 0 bridgehead atoms. The molecule has 0 saturated heterocycles. The van der Waals surface area contributed by atoms with Gasteiger partial charge in [-0.05, 0) is 68.0 Å². The van der Waals surface area contributed by atoms with E-state index in [0.717, 1.165) is 54.9 Å². The van der Waals surface area contributed by atoms with Gasteiger partial charge in [0.2, 0.25) is 0 Å². The molecule has 1 unspecified atom stereocenters. The van der Waals surface area contributed by atoms with Crippen molar-refractivity contribution in [2.24, 2.45) is 5.16 Å². The van der Waals surface area contributed by atoms with Crippen molar-refractivity contribution in [2.45, 2.75) is 51.6 Å². The number of nitrogens with one attached hydrogen (secondary N) is 1. The summed E-state index contributed by atoms with van der Waals surface area (Å²) in [6.45, 7) is 3.84. The van der Waals surface area contributed by atoms with Crippen LogP contribution >= 0.6 is 11.6 Å². The Kier molecular flexibility index (Phi) is 9.02. The highest BCUT2D eigenvalue weighted by Gasteiger charge is 2.14. The quantitative estimate of drug-likeness (QED) is 0.503. The number of hydrogen-bond donors (Lipinski definition) is 2. The molecule has 4 nitrogen and oxygen atoms in total. The normalized spacial score (nSPS) is 19.3. The van der Waals surface area contributed by atoms with E-state index in [9.17, 15) is 5.11 Å². The third-order valence-corrected chi connectivity index (χ3v) is 4.47. The van der Waals surface area contributed by atoms with E-state index in [1.165, 1.54) is 12.0 Å². The van der Waals surface area contributed by atoms with E-state index >= 15 is 0 Å². The zero-order chi connectivity index (χ0) is 17.9. The van der Waals surface area contributed by atoms with Crippen molar-refractivity contribution in [1.29, 1.82) is 0 Å². The molecular formula is C20H29ClN2O2. The summed E-state index contributed by atoms with van der Waals surface area (Å²) >= 11 is 5.94. The van der Waals surface area contributed by atoms with E-state index in [4.69, 9.17) is 16.4 Å². The minimum Gasteiger partial charge on any atom is -0.393 e. The van der Waals surface area contributed by atoms with E-state index < -0.39 is 6.10 Å². The first kappa shape index (κ1) is 20.0. The minimum absolute atomic E-state index is 0.219. The number of rotatable bonds is 9. The molecule has 2 rings (SSSR count). The van der Waals surface area contributed by atoms with E-state index in [-0.39, 0.29) is 6.61 Å². The van der Waals surface area contributed by atoms with Crippen LogP contribution in [0.4, 0.5) is 0 Å². The monoisotopic (exact) mass is 364 g/mol. The Balaban J connectivity index is 1.86. The lowest BCUT2D eigenvalue weighted by Gasteiger charge is -2.17. The van der Waals surface area contributed by atoms with Crippen LogP contribution in [0.2, 0.25) is 5.02 Å². The summed E-state index contributed by atoms with van der Waals surface area (Å²) in [6.07, 6.45) is 8.11. The van der Waals surface area contributed by atoms with Gasteiger partial charge in [-0.3, -0.25) is 0 Å². The fourth-order valence-corrected chi connectivity index (χ4v) is 2.89. The standard InChI is InChI=1S/C20H29ClN2O2/c1-2-3-12-22-14-19(24)15-25-23-20-7-5-4-6-17(20)13-16-8-10-18(21)11-9-16/h8-11,13,19,22,24H,2-7,12,14-15H2,1H3. The molecule has 1 aliphatic carbocycles. The van der Waals surface area contributed by atoms with Gasteiger partial charge in [0.1, 0.15) is 12.7 Å². The van der Waals surface area contributed by atoms with Crippen molar-refractivity contribution in [2.75, 3.05) is 19.7 Å². The van der Waals surface area contributed by atoms with Crippen molar-refractivity contribution in [3.63, 3.8) is 0 Å². The van der Waals surface area contributed by atoms with Crippen molar-refractivity contribution in [3.05, 3.63) is 40.4 Å². The summed E-state index contributed by atoms with van der Waals surface area (Å²) in [4.78, 5) is 5.42. The highest BCUT2D eigenvalue weighted by molar-refractivity contribution is 6.30. The summed E-state index contributed by atoms with van der Waals surface area (Å²) in [5.74, 6) is 0. The van der Waals surface area contributed by atoms with Crippen molar-refractivity contribution in [3.8, 4) is 0 Å². The second-order valence-corrected chi connectivity index (χ2v) is 6.91. The second kappa shape index (κ2) is 11.3. The number of oxime groups is 1. The Hall–Kier alpha value is -1.36. The van der Waals surface area contributed by atoms with Crippen LogP contribution in [0.25, 0.3) is 6.08 Å². The van der Waals surface area contributed by atoms with Crippen molar-refractivity contribution < 1.29 is 9.94 Å². The van der Waals surface area contributed by atoms with E-state index in [2.05, 4.69) is 23.5 Å². The first-order valence-electron chi connectivity index (χ1n) is 9.23. The van der Waals surface area contributed by atoms with Gasteiger partial charge in [-0.1, -0.05) is 42.2 Å². The Bertz CT molecular complexity index is 570. The Morgan fingerprint density at radius 1 is 1.28 bits per heavy atom. The molecule has 1 aliphatic rings. The molecule has 0 heterocycles. The molecule has 5 heteroatoms. The van der Waals surface area contributed by atoms with Crippen molar-refractivity contribution in [1.82, 2.24) is 5.32 Å². The lowest BCUT2D eigenvalue weighted by molar-refractivity contribution is 0.0401. The summed E-state index contributed by atoms with van der Waals surface area (Å²) in [7, 11) is 0. The maximum Gasteiger partial charge on any atom is 0.144 e. The van der Waals surface area contributed by atoms with Gasteiger partial charge in [-0.25, -0.2) is 0 Å². The molecule has 0 amide bonds. The SMILES string of the molecule is CCCCNCC(O)CON=C1CCCCC1=Cc1ccc(Cl)cc1. The van der Waals surface area contributed by atoms with Gasteiger partial charge in [0.15, 0.2) is 0 Å². The summed E-state index contributed by atoms with van der Waals surface area (Å²) < 4.78 is 0. The molecule has 0 aliphatic heterocycles. The molecule has 0 aromatic heterocycles. The van der Waals surface area contributed by atoms with Crippen LogP contribution in [0.15, 0.2) is 35.0 Å². The number of allylic oxidation sites excluding steroid dienone is 1. The first-order chi connectivity index (χ1) is 12.2. The predicted octanol–water partition coefficient (Wildman–Crippen LogP) is 4.42. The van der Waals surface area contributed by atoms with Crippen LogP contribution in [-0.2, 0) is 4.84 Å². The first-order valence-corrected chi connectivity index (χ1v) is 9.61. The number of hydrogen-bond acceptors (Lipinski definition) is 4. The van der Waals surface area contributed by atoms with Crippen LogP contribution in [0, 0.1) is 0 Å². The molecule has 138 valence electrons. The lowest BCUT2D eigenvalue weighted by atomic mass is 9.91. The van der Waals surface area contributed by atoms with Crippen LogP contribution in [0.1, 0.15) is 51.0 Å². The van der Waals surface area contributed by atoms with Gasteiger partial charge >= 0.3 is 0 Å². The summed E-state index contributed by atoms with van der Waals surface area (Å²) in [5.41, 5.74) is 3.32. The van der Waals surface area contributed by atoms with Crippen LogP contribution in [-0.4, -0.2) is 36.6 Å². The molecule has 1 saturated carbocycles. The lowest BCUT2D eigenvalue weighted by Crippen LogP contribution is -2.30. The number of nitrogens with zero attached hydrogens (tertiary/aromatic N) is 1.